The lowest BCUT2D eigenvalue weighted by Crippen LogP contribution is -2.38. The molecule has 0 saturated carbocycles. The molecule has 1 amide bonds. The molecule has 17 heavy (non-hydrogen) atoms. The summed E-state index contributed by atoms with van der Waals surface area (Å²) in [4.78, 5) is 22.7. The first kappa shape index (κ1) is 13.2. The first-order valence-corrected chi connectivity index (χ1v) is 5.46. The predicted molar refractivity (Wildman–Crippen MR) is 65.0 cm³/mol. The van der Waals surface area contributed by atoms with E-state index in [0.29, 0.717) is 5.75 Å². The molecule has 1 aromatic carbocycles. The lowest BCUT2D eigenvalue weighted by molar-refractivity contribution is -0.126. The molecule has 0 aliphatic heterocycles. The van der Waals surface area contributed by atoms with Crippen LogP contribution in [0.15, 0.2) is 24.3 Å². The number of hydrogen-bond donors (Lipinski definition) is 1. The van der Waals surface area contributed by atoms with Gasteiger partial charge in [-0.05, 0) is 19.9 Å². The number of benzene rings is 1. The van der Waals surface area contributed by atoms with Crippen LogP contribution in [0.1, 0.15) is 19.4 Å². The van der Waals surface area contributed by atoms with Crippen LogP contribution in [-0.2, 0) is 16.0 Å². The van der Waals surface area contributed by atoms with E-state index in [2.05, 4.69) is 5.32 Å². The Balaban J connectivity index is 2.65. The van der Waals surface area contributed by atoms with Crippen molar-refractivity contribution < 1.29 is 14.3 Å². The van der Waals surface area contributed by atoms with Gasteiger partial charge >= 0.3 is 0 Å². The molecule has 1 rings (SSSR count). The fourth-order valence-electron chi connectivity index (χ4n) is 1.42. The Hall–Kier alpha value is -1.84. The third-order valence-electron chi connectivity index (χ3n) is 2.53. The van der Waals surface area contributed by atoms with Crippen molar-refractivity contribution in [2.75, 3.05) is 7.11 Å². The molecule has 0 spiro atoms. The van der Waals surface area contributed by atoms with E-state index in [9.17, 15) is 9.59 Å². The number of amides is 1. The first-order chi connectivity index (χ1) is 8.04. The van der Waals surface area contributed by atoms with Crippen molar-refractivity contribution in [1.82, 2.24) is 5.32 Å². The summed E-state index contributed by atoms with van der Waals surface area (Å²) in [6, 6.07) is 6.88. The lowest BCUT2D eigenvalue weighted by atomic mass is 10.1. The maximum atomic E-state index is 11.7. The highest BCUT2D eigenvalue weighted by Crippen LogP contribution is 2.17. The van der Waals surface area contributed by atoms with E-state index < -0.39 is 6.04 Å². The number of carbonyl (C=O) groups excluding carboxylic acids is 2. The van der Waals surface area contributed by atoms with Gasteiger partial charge in [-0.1, -0.05) is 18.2 Å². The second-order valence-electron chi connectivity index (χ2n) is 3.89. The number of nitrogens with one attached hydrogen (secondary N) is 1. The maximum absolute atomic E-state index is 11.7. The van der Waals surface area contributed by atoms with E-state index in [1.165, 1.54) is 6.92 Å². The first-order valence-electron chi connectivity index (χ1n) is 5.46. The molecule has 0 aliphatic rings. The van der Waals surface area contributed by atoms with Gasteiger partial charge in [0.25, 0.3) is 0 Å². The molecule has 4 heteroatoms. The second-order valence-corrected chi connectivity index (χ2v) is 3.89. The third-order valence-corrected chi connectivity index (χ3v) is 2.53. The minimum Gasteiger partial charge on any atom is -0.496 e. The number of ether oxygens (including phenoxy) is 1. The average molecular weight is 235 g/mol. The van der Waals surface area contributed by atoms with E-state index in [-0.39, 0.29) is 18.1 Å². The van der Waals surface area contributed by atoms with Gasteiger partial charge in [0, 0.05) is 5.56 Å². The molecule has 0 heterocycles. The van der Waals surface area contributed by atoms with Gasteiger partial charge in [0.1, 0.15) is 5.75 Å². The van der Waals surface area contributed by atoms with Crippen molar-refractivity contribution in [2.45, 2.75) is 26.3 Å². The summed E-state index contributed by atoms with van der Waals surface area (Å²) in [5, 5.41) is 2.64. The SMILES string of the molecule is COc1ccccc1CC(=O)NC(C)C(C)=O. The Morgan fingerprint density at radius 3 is 2.59 bits per heavy atom. The molecule has 0 bridgehead atoms. The number of Topliss-reactive ketones (excluding diaryl/α,β-unsaturated/α-hetero) is 1. The van der Waals surface area contributed by atoms with Crippen LogP contribution in [0.4, 0.5) is 0 Å². The topological polar surface area (TPSA) is 55.4 Å². The fraction of sp³-hybridized carbons (Fsp3) is 0.385. The van der Waals surface area contributed by atoms with Gasteiger partial charge in [-0.25, -0.2) is 0 Å². The monoisotopic (exact) mass is 235 g/mol. The number of para-hydroxylation sites is 1. The number of carbonyl (C=O) groups is 2. The van der Waals surface area contributed by atoms with Crippen molar-refractivity contribution in [3.63, 3.8) is 0 Å². The average Bonchev–Trinajstić information content (AvgIpc) is 2.29. The van der Waals surface area contributed by atoms with Crippen molar-refractivity contribution in [1.29, 1.82) is 0 Å². The zero-order valence-corrected chi connectivity index (χ0v) is 10.3. The molecule has 1 N–H and O–H groups in total. The summed E-state index contributed by atoms with van der Waals surface area (Å²) in [6.07, 6.45) is 0.210. The molecule has 92 valence electrons. The van der Waals surface area contributed by atoms with Gasteiger partial charge < -0.3 is 10.1 Å². The molecule has 1 aromatic rings. The molecule has 0 saturated heterocycles. The van der Waals surface area contributed by atoms with Gasteiger partial charge in [-0.15, -0.1) is 0 Å². The highest BCUT2D eigenvalue weighted by molar-refractivity contribution is 5.88. The van der Waals surface area contributed by atoms with E-state index in [0.717, 1.165) is 5.56 Å². The summed E-state index contributed by atoms with van der Waals surface area (Å²) in [6.45, 7) is 3.12. The zero-order chi connectivity index (χ0) is 12.8. The van der Waals surface area contributed by atoms with Gasteiger partial charge in [-0.3, -0.25) is 9.59 Å². The van der Waals surface area contributed by atoms with E-state index in [4.69, 9.17) is 4.74 Å². The molecule has 0 radical (unpaired) electrons. The van der Waals surface area contributed by atoms with Crippen LogP contribution in [0.5, 0.6) is 5.75 Å². The van der Waals surface area contributed by atoms with Crippen LogP contribution in [0.25, 0.3) is 0 Å². The predicted octanol–water partition coefficient (Wildman–Crippen LogP) is 1.33. The molecule has 1 atom stereocenters. The highest BCUT2D eigenvalue weighted by Gasteiger charge is 2.13. The van der Waals surface area contributed by atoms with Gasteiger partial charge in [0.15, 0.2) is 5.78 Å². The van der Waals surface area contributed by atoms with E-state index >= 15 is 0 Å². The highest BCUT2D eigenvalue weighted by atomic mass is 16.5. The standard InChI is InChI=1S/C13H17NO3/c1-9(10(2)15)14-13(16)8-11-6-4-5-7-12(11)17-3/h4-7,9H,8H2,1-3H3,(H,14,16). The molecule has 4 nitrogen and oxygen atoms in total. The Kier molecular flexibility index (Phi) is 4.69. The van der Waals surface area contributed by atoms with Gasteiger partial charge in [-0.2, -0.15) is 0 Å². The lowest BCUT2D eigenvalue weighted by Gasteiger charge is -2.12. The Morgan fingerprint density at radius 1 is 1.35 bits per heavy atom. The van der Waals surface area contributed by atoms with Crippen LogP contribution < -0.4 is 10.1 Å². The summed E-state index contributed by atoms with van der Waals surface area (Å²) < 4.78 is 5.15. The van der Waals surface area contributed by atoms with Gasteiger partial charge in [0.05, 0.1) is 19.6 Å². The Bertz CT molecular complexity index is 415. The summed E-state index contributed by atoms with van der Waals surface area (Å²) >= 11 is 0. The van der Waals surface area contributed by atoms with Gasteiger partial charge in [0.2, 0.25) is 5.91 Å². The minimum atomic E-state index is -0.447. The molecule has 0 aliphatic carbocycles. The van der Waals surface area contributed by atoms with Crippen LogP contribution >= 0.6 is 0 Å². The Morgan fingerprint density at radius 2 is 2.00 bits per heavy atom. The van der Waals surface area contributed by atoms with Crippen LogP contribution in [0.2, 0.25) is 0 Å². The smallest absolute Gasteiger partial charge is 0.225 e. The van der Waals surface area contributed by atoms with E-state index in [1.54, 1.807) is 20.1 Å². The normalized spacial score (nSPS) is 11.7. The molecular weight excluding hydrogens is 218 g/mol. The van der Waals surface area contributed by atoms with Crippen molar-refractivity contribution in [2.24, 2.45) is 0 Å². The molecular formula is C13H17NO3. The summed E-state index contributed by atoms with van der Waals surface area (Å²) in [5.74, 6) is 0.439. The van der Waals surface area contributed by atoms with Crippen molar-refractivity contribution in [3.8, 4) is 5.75 Å². The largest absolute Gasteiger partial charge is 0.496 e. The molecule has 0 aromatic heterocycles. The van der Waals surface area contributed by atoms with Crippen molar-refractivity contribution >= 4 is 11.7 Å². The third kappa shape index (κ3) is 3.90. The van der Waals surface area contributed by atoms with Crippen molar-refractivity contribution in [3.05, 3.63) is 29.8 Å². The van der Waals surface area contributed by atoms with E-state index in [1.807, 2.05) is 18.2 Å². The number of hydrogen-bond acceptors (Lipinski definition) is 3. The minimum absolute atomic E-state index is 0.0571. The molecule has 0 fully saturated rings. The van der Waals surface area contributed by atoms with Crippen LogP contribution in [0, 0.1) is 0 Å². The number of rotatable bonds is 5. The van der Waals surface area contributed by atoms with Crippen LogP contribution in [-0.4, -0.2) is 24.8 Å². The van der Waals surface area contributed by atoms with Crippen LogP contribution in [0.3, 0.4) is 0 Å². The number of ketones is 1. The summed E-state index contributed by atoms with van der Waals surface area (Å²) in [5.41, 5.74) is 0.809. The summed E-state index contributed by atoms with van der Waals surface area (Å²) in [7, 11) is 1.56. The number of methoxy groups -OCH3 is 1. The fourth-order valence-corrected chi connectivity index (χ4v) is 1.42. The molecule has 1 unspecified atom stereocenters. The second kappa shape index (κ2) is 6.03. The zero-order valence-electron chi connectivity index (χ0n) is 10.3. The Labute approximate surface area is 101 Å². The quantitative estimate of drug-likeness (QED) is 0.837. The maximum Gasteiger partial charge on any atom is 0.225 e.